The third-order valence-electron chi connectivity index (χ3n) is 4.21. The molecule has 1 fully saturated rings. The quantitative estimate of drug-likeness (QED) is 0.489. The van der Waals surface area contributed by atoms with E-state index >= 15 is 0 Å². The van der Waals surface area contributed by atoms with E-state index in [1.165, 1.54) is 44.8 Å². The molecular weight excluding hydrogens is 188 g/mol. The van der Waals surface area contributed by atoms with E-state index in [1.54, 1.807) is 0 Å². The van der Waals surface area contributed by atoms with Crippen LogP contribution in [0.1, 0.15) is 45.4 Å². The molecule has 2 rings (SSSR count). The Hall–Kier alpha value is -0.790. The highest BCUT2D eigenvalue weighted by Gasteiger charge is 2.47. The van der Waals surface area contributed by atoms with Crippen molar-refractivity contribution in [3.05, 3.63) is 11.6 Å². The number of methoxy groups -OCH3 is 1. The standard InChI is InChI=1S/C13H20O2/c1-10-6-5-9-13(7-3-4-8-13)11(10)12(14)15-2/h6,11H,3-5,7-9H2,1-2H3. The third kappa shape index (κ3) is 1.70. The number of ether oxygens (including phenoxy) is 1. The number of allylic oxidation sites excluding steroid dienone is 1. The van der Waals surface area contributed by atoms with E-state index in [1.807, 2.05) is 0 Å². The summed E-state index contributed by atoms with van der Waals surface area (Å²) in [5, 5.41) is 0. The molecule has 0 bridgehead atoms. The molecule has 0 aliphatic heterocycles. The predicted octanol–water partition coefficient (Wildman–Crippen LogP) is 3.08. The lowest BCUT2D eigenvalue weighted by Gasteiger charge is -2.39. The van der Waals surface area contributed by atoms with Gasteiger partial charge in [0.1, 0.15) is 0 Å². The SMILES string of the molecule is COC(=O)C1C(C)=CCCC12CCCC2. The molecule has 0 heterocycles. The van der Waals surface area contributed by atoms with Crippen LogP contribution in [0.5, 0.6) is 0 Å². The normalized spacial score (nSPS) is 28.9. The van der Waals surface area contributed by atoms with Gasteiger partial charge >= 0.3 is 5.97 Å². The molecule has 2 nitrogen and oxygen atoms in total. The molecule has 2 aliphatic carbocycles. The maximum absolute atomic E-state index is 11.9. The second kappa shape index (κ2) is 3.99. The first-order valence-corrected chi connectivity index (χ1v) is 5.94. The fourth-order valence-electron chi connectivity index (χ4n) is 3.50. The summed E-state index contributed by atoms with van der Waals surface area (Å²) in [7, 11) is 1.51. The minimum atomic E-state index is -0.0228. The lowest BCUT2D eigenvalue weighted by atomic mass is 9.65. The van der Waals surface area contributed by atoms with Gasteiger partial charge in [-0.2, -0.15) is 0 Å². The Kier molecular flexibility index (Phi) is 2.85. The Morgan fingerprint density at radius 1 is 1.40 bits per heavy atom. The minimum Gasteiger partial charge on any atom is -0.469 e. The number of rotatable bonds is 1. The van der Waals surface area contributed by atoms with E-state index in [0.29, 0.717) is 0 Å². The van der Waals surface area contributed by atoms with E-state index in [4.69, 9.17) is 4.74 Å². The van der Waals surface area contributed by atoms with Crippen LogP contribution in [0.25, 0.3) is 0 Å². The number of hydrogen-bond donors (Lipinski definition) is 0. The fourth-order valence-corrected chi connectivity index (χ4v) is 3.50. The molecule has 1 atom stereocenters. The van der Waals surface area contributed by atoms with Crippen LogP contribution in [-0.2, 0) is 9.53 Å². The number of esters is 1. The molecule has 84 valence electrons. The molecule has 0 radical (unpaired) electrons. The van der Waals surface area contributed by atoms with Crippen LogP contribution in [0.2, 0.25) is 0 Å². The van der Waals surface area contributed by atoms with Crippen molar-refractivity contribution in [1.29, 1.82) is 0 Å². The highest BCUT2D eigenvalue weighted by Crippen LogP contribution is 2.52. The summed E-state index contributed by atoms with van der Waals surface area (Å²) in [5.41, 5.74) is 1.47. The summed E-state index contributed by atoms with van der Waals surface area (Å²) >= 11 is 0. The van der Waals surface area contributed by atoms with Crippen LogP contribution in [0.3, 0.4) is 0 Å². The van der Waals surface area contributed by atoms with Gasteiger partial charge in [-0.05, 0) is 38.0 Å². The van der Waals surface area contributed by atoms with Gasteiger partial charge in [-0.1, -0.05) is 24.5 Å². The molecule has 2 aliphatic rings. The molecule has 1 saturated carbocycles. The first kappa shape index (κ1) is 10.7. The molecule has 0 amide bonds. The summed E-state index contributed by atoms with van der Waals surface area (Å²) in [4.78, 5) is 11.9. The third-order valence-corrected chi connectivity index (χ3v) is 4.21. The molecule has 2 heteroatoms. The van der Waals surface area contributed by atoms with Crippen molar-refractivity contribution >= 4 is 5.97 Å². The van der Waals surface area contributed by atoms with Gasteiger partial charge in [-0.3, -0.25) is 4.79 Å². The van der Waals surface area contributed by atoms with E-state index in [2.05, 4.69) is 13.0 Å². The van der Waals surface area contributed by atoms with Crippen molar-refractivity contribution in [3.63, 3.8) is 0 Å². The zero-order valence-corrected chi connectivity index (χ0v) is 9.71. The fraction of sp³-hybridized carbons (Fsp3) is 0.769. The molecule has 0 aromatic carbocycles. The lowest BCUT2D eigenvalue weighted by molar-refractivity contribution is -0.149. The zero-order valence-electron chi connectivity index (χ0n) is 9.71. The summed E-state index contributed by atoms with van der Waals surface area (Å²) < 4.78 is 4.97. The summed E-state index contributed by atoms with van der Waals surface area (Å²) in [5.74, 6) is 0.0177. The highest BCUT2D eigenvalue weighted by atomic mass is 16.5. The number of carbonyl (C=O) groups is 1. The summed E-state index contributed by atoms with van der Waals surface area (Å²) in [6.07, 6.45) is 9.49. The van der Waals surface area contributed by atoms with E-state index in [9.17, 15) is 4.79 Å². The zero-order chi connectivity index (χ0) is 10.9. The van der Waals surface area contributed by atoms with Gasteiger partial charge in [0.25, 0.3) is 0 Å². The Labute approximate surface area is 91.7 Å². The lowest BCUT2D eigenvalue weighted by Crippen LogP contribution is -2.37. The average molecular weight is 208 g/mol. The van der Waals surface area contributed by atoms with Crippen LogP contribution in [0, 0.1) is 11.3 Å². The Morgan fingerprint density at radius 3 is 2.67 bits per heavy atom. The Bertz CT molecular complexity index is 285. The van der Waals surface area contributed by atoms with Crippen molar-refractivity contribution < 1.29 is 9.53 Å². The van der Waals surface area contributed by atoms with Gasteiger partial charge in [0.05, 0.1) is 13.0 Å². The van der Waals surface area contributed by atoms with Gasteiger partial charge in [-0.25, -0.2) is 0 Å². The van der Waals surface area contributed by atoms with Crippen molar-refractivity contribution in [2.24, 2.45) is 11.3 Å². The van der Waals surface area contributed by atoms with Crippen molar-refractivity contribution in [2.45, 2.75) is 45.4 Å². The van der Waals surface area contributed by atoms with Gasteiger partial charge in [0, 0.05) is 0 Å². The van der Waals surface area contributed by atoms with E-state index < -0.39 is 0 Å². The van der Waals surface area contributed by atoms with Crippen LogP contribution in [0.15, 0.2) is 11.6 Å². The highest BCUT2D eigenvalue weighted by molar-refractivity contribution is 5.77. The average Bonchev–Trinajstić information content (AvgIpc) is 2.66. The number of carbonyl (C=O) groups excluding carboxylic acids is 1. The van der Waals surface area contributed by atoms with Gasteiger partial charge < -0.3 is 4.74 Å². The van der Waals surface area contributed by atoms with E-state index in [0.717, 1.165) is 6.42 Å². The summed E-state index contributed by atoms with van der Waals surface area (Å²) in [6, 6.07) is 0. The monoisotopic (exact) mass is 208 g/mol. The summed E-state index contributed by atoms with van der Waals surface area (Å²) in [6.45, 7) is 2.08. The molecule has 1 spiro atoms. The molecule has 0 N–H and O–H groups in total. The Morgan fingerprint density at radius 2 is 2.07 bits per heavy atom. The van der Waals surface area contributed by atoms with Crippen LogP contribution in [0.4, 0.5) is 0 Å². The second-order valence-corrected chi connectivity index (χ2v) is 5.01. The van der Waals surface area contributed by atoms with Crippen molar-refractivity contribution in [3.8, 4) is 0 Å². The van der Waals surface area contributed by atoms with Crippen molar-refractivity contribution in [1.82, 2.24) is 0 Å². The Balaban J connectivity index is 2.30. The van der Waals surface area contributed by atoms with Gasteiger partial charge in [0.2, 0.25) is 0 Å². The molecule has 0 aromatic rings. The van der Waals surface area contributed by atoms with Crippen LogP contribution in [-0.4, -0.2) is 13.1 Å². The molecule has 15 heavy (non-hydrogen) atoms. The van der Waals surface area contributed by atoms with Gasteiger partial charge in [0.15, 0.2) is 0 Å². The number of hydrogen-bond acceptors (Lipinski definition) is 2. The minimum absolute atomic E-state index is 0.0228. The molecule has 0 saturated heterocycles. The first-order valence-electron chi connectivity index (χ1n) is 5.94. The largest absolute Gasteiger partial charge is 0.469 e. The molecular formula is C13H20O2. The predicted molar refractivity (Wildman–Crippen MR) is 59.4 cm³/mol. The second-order valence-electron chi connectivity index (χ2n) is 5.01. The van der Waals surface area contributed by atoms with Gasteiger partial charge in [-0.15, -0.1) is 0 Å². The maximum Gasteiger partial charge on any atom is 0.313 e. The van der Waals surface area contributed by atoms with E-state index in [-0.39, 0.29) is 17.3 Å². The first-order chi connectivity index (χ1) is 7.19. The smallest absolute Gasteiger partial charge is 0.313 e. The topological polar surface area (TPSA) is 26.3 Å². The van der Waals surface area contributed by atoms with Crippen molar-refractivity contribution in [2.75, 3.05) is 7.11 Å². The maximum atomic E-state index is 11.9. The molecule has 0 aromatic heterocycles. The van der Waals surface area contributed by atoms with Crippen LogP contribution >= 0.6 is 0 Å². The van der Waals surface area contributed by atoms with Crippen LogP contribution < -0.4 is 0 Å². The molecule has 1 unspecified atom stereocenters.